The van der Waals surface area contributed by atoms with E-state index in [9.17, 15) is 4.79 Å². The van der Waals surface area contributed by atoms with Gasteiger partial charge in [0.05, 0.1) is 0 Å². The van der Waals surface area contributed by atoms with E-state index in [1.54, 1.807) is 0 Å². The Morgan fingerprint density at radius 1 is 1.11 bits per heavy atom. The summed E-state index contributed by atoms with van der Waals surface area (Å²) in [5.74, 6) is 0.784. The molecule has 0 saturated heterocycles. The molecule has 1 N–H and O–H groups in total. The predicted molar refractivity (Wildman–Crippen MR) is 73.7 cm³/mol. The first-order chi connectivity index (χ1) is 9.15. The lowest BCUT2D eigenvalue weighted by Gasteiger charge is -2.09. The van der Waals surface area contributed by atoms with Crippen LogP contribution in [0.4, 0.5) is 0 Å². The van der Waals surface area contributed by atoms with Crippen LogP contribution in [0.1, 0.15) is 17.5 Å². The fourth-order valence-corrected chi connectivity index (χ4v) is 1.88. The molecule has 3 heteroatoms. The number of carbonyl (C=O) groups is 1. The van der Waals surface area contributed by atoms with Gasteiger partial charge in [0.1, 0.15) is 11.5 Å². The van der Waals surface area contributed by atoms with Crippen LogP contribution in [0.25, 0.3) is 0 Å². The Morgan fingerprint density at radius 2 is 1.84 bits per heavy atom. The molecule has 2 aromatic rings. The van der Waals surface area contributed by atoms with Crippen LogP contribution < -0.4 is 4.74 Å². The average molecular weight is 256 g/mol. The molecule has 2 rings (SSSR count). The minimum atomic E-state index is -0.774. The Hall–Kier alpha value is -2.29. The van der Waals surface area contributed by atoms with Gasteiger partial charge in [-0.05, 0) is 48.7 Å². The summed E-state index contributed by atoms with van der Waals surface area (Å²) in [4.78, 5) is 10.6. The molecule has 0 fully saturated rings. The zero-order valence-electron chi connectivity index (χ0n) is 10.8. The summed E-state index contributed by atoms with van der Waals surface area (Å²) < 4.78 is 5.72. The number of rotatable bonds is 5. The zero-order valence-corrected chi connectivity index (χ0v) is 10.8. The van der Waals surface area contributed by atoms with Crippen molar-refractivity contribution in [3.63, 3.8) is 0 Å². The van der Waals surface area contributed by atoms with E-state index in [0.717, 1.165) is 22.6 Å². The first-order valence-electron chi connectivity index (χ1n) is 6.19. The van der Waals surface area contributed by atoms with Crippen LogP contribution in [0.15, 0.2) is 48.5 Å². The first kappa shape index (κ1) is 13.1. The Kier molecular flexibility index (Phi) is 4.18. The maximum absolute atomic E-state index is 10.6. The van der Waals surface area contributed by atoms with Crippen LogP contribution in [-0.2, 0) is 11.2 Å². The van der Waals surface area contributed by atoms with Gasteiger partial charge in [-0.2, -0.15) is 0 Å². The van der Waals surface area contributed by atoms with Gasteiger partial charge in [0, 0.05) is 6.42 Å². The summed E-state index contributed by atoms with van der Waals surface area (Å²) in [7, 11) is 0. The molecule has 0 atom stereocenters. The number of hydrogen-bond acceptors (Lipinski definition) is 2. The second-order valence-electron chi connectivity index (χ2n) is 4.40. The normalized spacial score (nSPS) is 10.2. The number of para-hydroxylation sites is 1. The van der Waals surface area contributed by atoms with Crippen LogP contribution in [0.5, 0.6) is 11.5 Å². The standard InChI is InChI=1S/C16H16O3/c1-12-11-15(19-14-5-3-2-4-6-14)9-7-13(12)8-10-16(17)18/h2-7,9,11H,8,10H2,1H3,(H,17,18). The molecule has 19 heavy (non-hydrogen) atoms. The third-order valence-electron chi connectivity index (χ3n) is 2.90. The maximum Gasteiger partial charge on any atom is 0.303 e. The van der Waals surface area contributed by atoms with E-state index in [1.807, 2.05) is 55.5 Å². The smallest absolute Gasteiger partial charge is 0.303 e. The van der Waals surface area contributed by atoms with Crippen LogP contribution in [0.3, 0.4) is 0 Å². The van der Waals surface area contributed by atoms with Gasteiger partial charge >= 0.3 is 5.97 Å². The van der Waals surface area contributed by atoms with Gasteiger partial charge in [0.2, 0.25) is 0 Å². The zero-order chi connectivity index (χ0) is 13.7. The molecular weight excluding hydrogens is 240 g/mol. The maximum atomic E-state index is 10.6. The number of carboxylic acid groups (broad SMARTS) is 1. The van der Waals surface area contributed by atoms with Crippen molar-refractivity contribution in [3.8, 4) is 11.5 Å². The number of aliphatic carboxylic acids is 1. The van der Waals surface area contributed by atoms with Gasteiger partial charge in [-0.3, -0.25) is 4.79 Å². The fraction of sp³-hybridized carbons (Fsp3) is 0.188. The molecule has 0 aliphatic rings. The molecule has 0 heterocycles. The summed E-state index contributed by atoms with van der Waals surface area (Å²) in [5, 5.41) is 8.69. The van der Waals surface area contributed by atoms with Crippen molar-refractivity contribution in [1.29, 1.82) is 0 Å². The van der Waals surface area contributed by atoms with E-state index in [2.05, 4.69) is 0 Å². The lowest BCUT2D eigenvalue weighted by molar-refractivity contribution is -0.136. The van der Waals surface area contributed by atoms with E-state index in [0.29, 0.717) is 6.42 Å². The van der Waals surface area contributed by atoms with Crippen LogP contribution in [0, 0.1) is 6.92 Å². The minimum absolute atomic E-state index is 0.153. The predicted octanol–water partition coefficient (Wildman–Crippen LogP) is 3.80. The van der Waals surface area contributed by atoms with E-state index in [4.69, 9.17) is 9.84 Å². The summed E-state index contributed by atoms with van der Waals surface area (Å²) in [6.45, 7) is 1.97. The van der Waals surface area contributed by atoms with Crippen molar-refractivity contribution in [3.05, 3.63) is 59.7 Å². The highest BCUT2D eigenvalue weighted by Crippen LogP contribution is 2.24. The van der Waals surface area contributed by atoms with Crippen LogP contribution >= 0.6 is 0 Å². The van der Waals surface area contributed by atoms with Crippen molar-refractivity contribution in [1.82, 2.24) is 0 Å². The molecule has 0 unspecified atom stereocenters. The largest absolute Gasteiger partial charge is 0.481 e. The topological polar surface area (TPSA) is 46.5 Å². The highest BCUT2D eigenvalue weighted by molar-refractivity contribution is 5.67. The van der Waals surface area contributed by atoms with Crippen molar-refractivity contribution in [2.75, 3.05) is 0 Å². The summed E-state index contributed by atoms with van der Waals surface area (Å²) >= 11 is 0. The minimum Gasteiger partial charge on any atom is -0.481 e. The van der Waals surface area contributed by atoms with Gasteiger partial charge in [0.15, 0.2) is 0 Å². The SMILES string of the molecule is Cc1cc(Oc2ccccc2)ccc1CCC(=O)O. The second-order valence-corrected chi connectivity index (χ2v) is 4.40. The number of carboxylic acids is 1. The van der Waals surface area contributed by atoms with Gasteiger partial charge in [0.25, 0.3) is 0 Å². The lowest BCUT2D eigenvalue weighted by atomic mass is 10.0. The molecule has 98 valence electrons. The molecule has 0 bridgehead atoms. The molecule has 0 aliphatic carbocycles. The molecular formula is C16H16O3. The average Bonchev–Trinajstić information content (AvgIpc) is 2.39. The van der Waals surface area contributed by atoms with Crippen molar-refractivity contribution < 1.29 is 14.6 Å². The Labute approximate surface area is 112 Å². The van der Waals surface area contributed by atoms with Gasteiger partial charge in [-0.1, -0.05) is 24.3 Å². The first-order valence-corrected chi connectivity index (χ1v) is 6.19. The number of hydrogen-bond donors (Lipinski definition) is 1. The molecule has 2 aromatic carbocycles. The van der Waals surface area contributed by atoms with E-state index < -0.39 is 5.97 Å². The number of benzene rings is 2. The Morgan fingerprint density at radius 3 is 2.47 bits per heavy atom. The monoisotopic (exact) mass is 256 g/mol. The summed E-state index contributed by atoms with van der Waals surface area (Å²) in [5.41, 5.74) is 2.09. The number of aryl methyl sites for hydroxylation is 2. The lowest BCUT2D eigenvalue weighted by Crippen LogP contribution is -1.99. The van der Waals surface area contributed by atoms with Gasteiger partial charge in [-0.25, -0.2) is 0 Å². The molecule has 0 spiro atoms. The molecule has 0 radical (unpaired) electrons. The second kappa shape index (κ2) is 6.05. The van der Waals surface area contributed by atoms with Gasteiger partial charge in [-0.15, -0.1) is 0 Å². The third-order valence-corrected chi connectivity index (χ3v) is 2.90. The highest BCUT2D eigenvalue weighted by atomic mass is 16.5. The van der Waals surface area contributed by atoms with Crippen LogP contribution in [-0.4, -0.2) is 11.1 Å². The highest BCUT2D eigenvalue weighted by Gasteiger charge is 2.04. The van der Waals surface area contributed by atoms with E-state index in [-0.39, 0.29) is 6.42 Å². The van der Waals surface area contributed by atoms with Crippen molar-refractivity contribution in [2.24, 2.45) is 0 Å². The Balaban J connectivity index is 2.08. The summed E-state index contributed by atoms with van der Waals surface area (Å²) in [6.07, 6.45) is 0.701. The summed E-state index contributed by atoms with van der Waals surface area (Å²) in [6, 6.07) is 15.3. The molecule has 0 amide bonds. The third kappa shape index (κ3) is 3.85. The molecule has 0 aromatic heterocycles. The van der Waals surface area contributed by atoms with Crippen LogP contribution in [0.2, 0.25) is 0 Å². The van der Waals surface area contributed by atoms with E-state index >= 15 is 0 Å². The molecule has 0 saturated carbocycles. The van der Waals surface area contributed by atoms with E-state index in [1.165, 1.54) is 0 Å². The molecule has 3 nitrogen and oxygen atoms in total. The molecule has 0 aliphatic heterocycles. The van der Waals surface area contributed by atoms with Crippen molar-refractivity contribution >= 4 is 5.97 Å². The quantitative estimate of drug-likeness (QED) is 0.885. The fourth-order valence-electron chi connectivity index (χ4n) is 1.88. The van der Waals surface area contributed by atoms with Gasteiger partial charge < -0.3 is 9.84 Å². The Bertz CT molecular complexity index is 561. The van der Waals surface area contributed by atoms with Crippen molar-refractivity contribution in [2.45, 2.75) is 19.8 Å². The number of ether oxygens (including phenoxy) is 1.